The maximum Gasteiger partial charge on any atom is 0.261 e. The predicted molar refractivity (Wildman–Crippen MR) is 95.9 cm³/mol. The molecule has 2 aromatic rings. The van der Waals surface area contributed by atoms with E-state index >= 15 is 0 Å². The van der Waals surface area contributed by atoms with Gasteiger partial charge in [-0.25, -0.2) is 4.98 Å². The van der Waals surface area contributed by atoms with Crippen LogP contribution >= 0.6 is 0 Å². The normalized spacial score (nSPS) is 18.4. The molecule has 0 saturated heterocycles. The molecular formula is C20H25N3O2. The van der Waals surface area contributed by atoms with Gasteiger partial charge < -0.3 is 14.6 Å². The summed E-state index contributed by atoms with van der Waals surface area (Å²) in [6, 6.07) is 4.17. The monoisotopic (exact) mass is 339 g/mol. The molecule has 3 heterocycles. The molecule has 1 amide bonds. The van der Waals surface area contributed by atoms with Crippen LogP contribution in [0.15, 0.2) is 18.3 Å². The smallest absolute Gasteiger partial charge is 0.261 e. The van der Waals surface area contributed by atoms with Crippen LogP contribution in [-0.4, -0.2) is 28.1 Å². The molecule has 0 fully saturated rings. The van der Waals surface area contributed by atoms with Gasteiger partial charge in [0, 0.05) is 38.5 Å². The van der Waals surface area contributed by atoms with Gasteiger partial charge in [-0.3, -0.25) is 4.79 Å². The van der Waals surface area contributed by atoms with Crippen LogP contribution in [0.2, 0.25) is 0 Å². The molecule has 0 bridgehead atoms. The summed E-state index contributed by atoms with van der Waals surface area (Å²) < 4.78 is 8.09. The molecule has 1 N–H and O–H groups in total. The molecule has 5 nitrogen and oxygen atoms in total. The molecule has 2 aliphatic rings. The number of hydrogen-bond acceptors (Lipinski definition) is 3. The van der Waals surface area contributed by atoms with E-state index < -0.39 is 6.10 Å². The van der Waals surface area contributed by atoms with Crippen LogP contribution < -0.4 is 10.1 Å². The second kappa shape index (κ2) is 6.54. The van der Waals surface area contributed by atoms with Gasteiger partial charge in [-0.15, -0.1) is 0 Å². The van der Waals surface area contributed by atoms with Crippen molar-refractivity contribution in [2.75, 3.05) is 6.54 Å². The van der Waals surface area contributed by atoms with Crippen molar-refractivity contribution < 1.29 is 9.53 Å². The fraction of sp³-hybridized carbons (Fsp3) is 0.500. The number of imidazole rings is 1. The van der Waals surface area contributed by atoms with Gasteiger partial charge in [0.1, 0.15) is 11.6 Å². The zero-order chi connectivity index (χ0) is 17.4. The average molecular weight is 339 g/mol. The Kier molecular flexibility index (Phi) is 4.24. The number of ether oxygens (including phenoxy) is 1. The molecule has 0 radical (unpaired) electrons. The van der Waals surface area contributed by atoms with Crippen molar-refractivity contribution in [2.24, 2.45) is 0 Å². The van der Waals surface area contributed by atoms with E-state index in [2.05, 4.69) is 41.0 Å². The first-order chi connectivity index (χ1) is 12.1. The second-order valence-corrected chi connectivity index (χ2v) is 7.19. The summed E-state index contributed by atoms with van der Waals surface area (Å²) in [5.41, 5.74) is 4.64. The van der Waals surface area contributed by atoms with Crippen molar-refractivity contribution in [1.82, 2.24) is 14.9 Å². The van der Waals surface area contributed by atoms with Gasteiger partial charge in [0.15, 0.2) is 6.10 Å². The quantitative estimate of drug-likeness (QED) is 0.931. The summed E-state index contributed by atoms with van der Waals surface area (Å²) in [6.07, 6.45) is 6.67. The number of benzene rings is 1. The Hall–Kier alpha value is -2.30. The van der Waals surface area contributed by atoms with E-state index in [-0.39, 0.29) is 5.91 Å². The minimum absolute atomic E-state index is 0.0320. The maximum absolute atomic E-state index is 12.4. The fourth-order valence-electron chi connectivity index (χ4n) is 3.68. The molecule has 1 aromatic heterocycles. The summed E-state index contributed by atoms with van der Waals surface area (Å²) in [7, 11) is 0. The lowest BCUT2D eigenvalue weighted by molar-refractivity contribution is -0.127. The van der Waals surface area contributed by atoms with E-state index in [0.29, 0.717) is 13.0 Å². The number of nitrogens with one attached hydrogen (secondary N) is 1. The molecule has 1 atom stereocenters. The highest BCUT2D eigenvalue weighted by Gasteiger charge is 2.29. The molecule has 25 heavy (non-hydrogen) atoms. The number of rotatable bonds is 4. The highest BCUT2D eigenvalue weighted by molar-refractivity contribution is 5.82. The highest BCUT2D eigenvalue weighted by atomic mass is 16.5. The van der Waals surface area contributed by atoms with Crippen LogP contribution in [0.5, 0.6) is 5.75 Å². The highest BCUT2D eigenvalue weighted by Crippen LogP contribution is 2.31. The Balaban J connectivity index is 1.30. The number of nitrogens with zero attached hydrogens (tertiary/aromatic N) is 2. The van der Waals surface area contributed by atoms with Crippen molar-refractivity contribution in [2.45, 2.75) is 58.6 Å². The van der Waals surface area contributed by atoms with Gasteiger partial charge in [0.2, 0.25) is 0 Å². The van der Waals surface area contributed by atoms with Crippen LogP contribution in [-0.2, 0) is 30.6 Å². The number of amides is 1. The summed E-state index contributed by atoms with van der Waals surface area (Å²) in [5, 5.41) is 3.00. The minimum atomic E-state index is -0.411. The van der Waals surface area contributed by atoms with Crippen LogP contribution in [0.25, 0.3) is 0 Å². The Morgan fingerprint density at radius 3 is 3.00 bits per heavy atom. The number of aryl methyl sites for hydroxylation is 4. The summed E-state index contributed by atoms with van der Waals surface area (Å²) in [5.74, 6) is 2.01. The molecule has 5 heteroatoms. The molecule has 0 spiro atoms. The van der Waals surface area contributed by atoms with E-state index in [1.54, 1.807) is 0 Å². The molecular weight excluding hydrogens is 314 g/mol. The van der Waals surface area contributed by atoms with Gasteiger partial charge in [0.05, 0.1) is 5.69 Å². The van der Waals surface area contributed by atoms with Gasteiger partial charge in [-0.2, -0.15) is 0 Å². The molecule has 0 saturated carbocycles. The number of fused-ring (bicyclic) bond motifs is 2. The molecule has 2 aliphatic heterocycles. The minimum Gasteiger partial charge on any atom is -0.480 e. The van der Waals surface area contributed by atoms with E-state index in [1.165, 1.54) is 29.8 Å². The van der Waals surface area contributed by atoms with Crippen molar-refractivity contribution in [3.63, 3.8) is 0 Å². The third kappa shape index (κ3) is 3.28. The maximum atomic E-state index is 12.4. The Morgan fingerprint density at radius 2 is 2.16 bits per heavy atom. The fourth-order valence-corrected chi connectivity index (χ4v) is 3.68. The Morgan fingerprint density at radius 1 is 1.32 bits per heavy atom. The largest absolute Gasteiger partial charge is 0.480 e. The van der Waals surface area contributed by atoms with Crippen LogP contribution in [0.4, 0.5) is 0 Å². The number of hydrogen-bond donors (Lipinski definition) is 1. The van der Waals surface area contributed by atoms with E-state index in [4.69, 9.17) is 4.74 Å². The van der Waals surface area contributed by atoms with E-state index in [1.807, 2.05) is 6.07 Å². The summed E-state index contributed by atoms with van der Waals surface area (Å²) in [6.45, 7) is 5.83. The van der Waals surface area contributed by atoms with E-state index in [9.17, 15) is 4.79 Å². The summed E-state index contributed by atoms with van der Waals surface area (Å²) >= 11 is 0. The zero-order valence-electron chi connectivity index (χ0n) is 15.0. The van der Waals surface area contributed by atoms with Gasteiger partial charge >= 0.3 is 0 Å². The molecule has 0 aliphatic carbocycles. The van der Waals surface area contributed by atoms with Crippen molar-refractivity contribution in [1.29, 1.82) is 0 Å². The SMILES string of the molecule is Cc1cc2c(cc1C)O[C@@H](C(=O)NCCc1cn3c(n1)CCCC3)C2. The Bertz CT molecular complexity index is 755. The first-order valence-electron chi connectivity index (χ1n) is 9.19. The van der Waals surface area contributed by atoms with Crippen molar-refractivity contribution in [3.05, 3.63) is 46.5 Å². The second-order valence-electron chi connectivity index (χ2n) is 7.19. The van der Waals surface area contributed by atoms with Crippen LogP contribution in [0.1, 0.15) is 41.1 Å². The van der Waals surface area contributed by atoms with Crippen molar-refractivity contribution >= 4 is 5.91 Å². The summed E-state index contributed by atoms with van der Waals surface area (Å²) in [4.78, 5) is 17.1. The molecule has 4 rings (SSSR count). The lowest BCUT2D eigenvalue weighted by Crippen LogP contribution is -2.38. The zero-order valence-corrected chi connectivity index (χ0v) is 15.0. The average Bonchev–Trinajstić information content (AvgIpc) is 3.18. The lowest BCUT2D eigenvalue weighted by Gasteiger charge is -2.11. The topological polar surface area (TPSA) is 56.1 Å². The van der Waals surface area contributed by atoms with Gasteiger partial charge in [0.25, 0.3) is 5.91 Å². The predicted octanol–water partition coefficient (Wildman–Crippen LogP) is 2.50. The number of carbonyl (C=O) groups is 1. The number of carbonyl (C=O) groups excluding carboxylic acids is 1. The number of aromatic nitrogens is 2. The third-order valence-corrected chi connectivity index (χ3v) is 5.28. The first kappa shape index (κ1) is 16.2. The molecule has 1 aromatic carbocycles. The van der Waals surface area contributed by atoms with Crippen LogP contribution in [0, 0.1) is 13.8 Å². The van der Waals surface area contributed by atoms with E-state index in [0.717, 1.165) is 36.4 Å². The standard InChI is InChI=1S/C20H25N3O2/c1-13-9-15-11-18(25-17(15)10-14(13)2)20(24)21-7-6-16-12-23-8-4-3-5-19(23)22-16/h9-10,12,18H,3-8,11H2,1-2H3,(H,21,24)/t18-/m1/s1. The third-order valence-electron chi connectivity index (χ3n) is 5.28. The lowest BCUT2D eigenvalue weighted by atomic mass is 10.0. The van der Waals surface area contributed by atoms with Crippen molar-refractivity contribution in [3.8, 4) is 5.75 Å². The molecule has 0 unspecified atom stereocenters. The molecule has 132 valence electrons. The van der Waals surface area contributed by atoms with Gasteiger partial charge in [-0.05, 0) is 49.4 Å². The first-order valence-corrected chi connectivity index (χ1v) is 9.19. The van der Waals surface area contributed by atoms with Crippen LogP contribution in [0.3, 0.4) is 0 Å². The van der Waals surface area contributed by atoms with Gasteiger partial charge in [-0.1, -0.05) is 6.07 Å². The Labute approximate surface area is 148 Å².